The molecule has 0 radical (unpaired) electrons. The van der Waals surface area contributed by atoms with Crippen LogP contribution >= 0.6 is 15.9 Å². The van der Waals surface area contributed by atoms with E-state index < -0.39 is 0 Å². The second-order valence-corrected chi connectivity index (χ2v) is 5.01. The first-order chi connectivity index (χ1) is 7.27. The first-order valence-electron chi connectivity index (χ1n) is 5.54. The lowest BCUT2D eigenvalue weighted by Gasteiger charge is -2.24. The van der Waals surface area contributed by atoms with Crippen LogP contribution in [0.5, 0.6) is 0 Å². The Labute approximate surface area is 99.7 Å². The van der Waals surface area contributed by atoms with Gasteiger partial charge in [0.25, 0.3) is 0 Å². The standard InChI is InChI=1S/C13H16BrN/c1-10-5-2-3-6-11(10)9-12-7-4-8-15-13(12)14/h4,7-8,11H,1-3,5-6,9H2/t11-/m0/s1. The molecule has 2 rings (SSSR count). The molecular formula is C13H16BrN. The highest BCUT2D eigenvalue weighted by molar-refractivity contribution is 9.10. The van der Waals surface area contributed by atoms with Crippen LogP contribution in [-0.2, 0) is 6.42 Å². The van der Waals surface area contributed by atoms with Crippen molar-refractivity contribution in [3.63, 3.8) is 0 Å². The van der Waals surface area contributed by atoms with Crippen molar-refractivity contribution in [3.8, 4) is 0 Å². The Kier molecular flexibility index (Phi) is 3.57. The predicted molar refractivity (Wildman–Crippen MR) is 66.7 cm³/mol. The van der Waals surface area contributed by atoms with Gasteiger partial charge in [0, 0.05) is 6.20 Å². The molecule has 1 aromatic heterocycles. The maximum absolute atomic E-state index is 4.26. The van der Waals surface area contributed by atoms with Crippen LogP contribution in [0.25, 0.3) is 0 Å². The van der Waals surface area contributed by atoms with Crippen LogP contribution in [0.1, 0.15) is 31.2 Å². The molecule has 0 unspecified atom stereocenters. The highest BCUT2D eigenvalue weighted by Gasteiger charge is 2.18. The fraction of sp³-hybridized carbons (Fsp3) is 0.462. The quantitative estimate of drug-likeness (QED) is 0.579. The summed E-state index contributed by atoms with van der Waals surface area (Å²) in [4.78, 5) is 4.26. The molecule has 1 atom stereocenters. The maximum atomic E-state index is 4.26. The summed E-state index contributed by atoms with van der Waals surface area (Å²) in [5.74, 6) is 0.666. The second kappa shape index (κ2) is 4.93. The zero-order chi connectivity index (χ0) is 10.7. The number of hydrogen-bond donors (Lipinski definition) is 0. The van der Waals surface area contributed by atoms with E-state index in [0.717, 1.165) is 11.0 Å². The monoisotopic (exact) mass is 265 g/mol. The van der Waals surface area contributed by atoms with E-state index in [4.69, 9.17) is 0 Å². The summed E-state index contributed by atoms with van der Waals surface area (Å²) in [6, 6.07) is 4.16. The summed E-state index contributed by atoms with van der Waals surface area (Å²) in [6.07, 6.45) is 8.09. The van der Waals surface area contributed by atoms with Crippen molar-refractivity contribution >= 4 is 15.9 Å². The second-order valence-electron chi connectivity index (χ2n) is 4.26. The number of hydrogen-bond acceptors (Lipinski definition) is 1. The Hall–Kier alpha value is -0.630. The fourth-order valence-electron chi connectivity index (χ4n) is 2.23. The van der Waals surface area contributed by atoms with Crippen LogP contribution in [0.3, 0.4) is 0 Å². The van der Waals surface area contributed by atoms with Gasteiger partial charge in [-0.1, -0.05) is 24.6 Å². The minimum absolute atomic E-state index is 0.666. The average Bonchev–Trinajstić information content (AvgIpc) is 2.24. The van der Waals surface area contributed by atoms with Crippen LogP contribution in [0, 0.1) is 5.92 Å². The zero-order valence-electron chi connectivity index (χ0n) is 8.88. The largest absolute Gasteiger partial charge is 0.249 e. The van der Waals surface area contributed by atoms with Gasteiger partial charge in [0.15, 0.2) is 0 Å². The van der Waals surface area contributed by atoms with E-state index in [2.05, 4.69) is 33.6 Å². The minimum Gasteiger partial charge on any atom is -0.249 e. The van der Waals surface area contributed by atoms with Crippen molar-refractivity contribution in [1.82, 2.24) is 4.98 Å². The van der Waals surface area contributed by atoms with E-state index in [1.165, 1.54) is 36.8 Å². The van der Waals surface area contributed by atoms with Crippen molar-refractivity contribution in [1.29, 1.82) is 0 Å². The summed E-state index contributed by atoms with van der Waals surface area (Å²) in [7, 11) is 0. The number of halogens is 1. The van der Waals surface area contributed by atoms with Gasteiger partial charge in [-0.25, -0.2) is 4.98 Å². The van der Waals surface area contributed by atoms with E-state index >= 15 is 0 Å². The Morgan fingerprint density at radius 3 is 3.07 bits per heavy atom. The summed E-state index contributed by atoms with van der Waals surface area (Å²) < 4.78 is 0.989. The van der Waals surface area contributed by atoms with Crippen molar-refractivity contribution in [3.05, 3.63) is 40.6 Å². The van der Waals surface area contributed by atoms with Crippen molar-refractivity contribution in [2.24, 2.45) is 5.92 Å². The average molecular weight is 266 g/mol. The predicted octanol–water partition coefficient (Wildman–Crippen LogP) is 4.13. The maximum Gasteiger partial charge on any atom is 0.109 e. The van der Waals surface area contributed by atoms with E-state index in [1.54, 1.807) is 0 Å². The molecule has 15 heavy (non-hydrogen) atoms. The lowest BCUT2D eigenvalue weighted by atomic mass is 9.82. The van der Waals surface area contributed by atoms with E-state index in [1.807, 2.05) is 12.3 Å². The van der Waals surface area contributed by atoms with Crippen molar-refractivity contribution < 1.29 is 0 Å². The molecular weight excluding hydrogens is 250 g/mol. The summed E-state index contributed by atoms with van der Waals surface area (Å²) in [5, 5.41) is 0. The molecule has 0 aromatic carbocycles. The lowest BCUT2D eigenvalue weighted by molar-refractivity contribution is 0.452. The molecule has 2 heteroatoms. The van der Waals surface area contributed by atoms with Crippen molar-refractivity contribution in [2.45, 2.75) is 32.1 Å². The Bertz CT molecular complexity index is 359. The van der Waals surface area contributed by atoms with Gasteiger partial charge in [0.05, 0.1) is 0 Å². The van der Waals surface area contributed by atoms with E-state index in [9.17, 15) is 0 Å². The molecule has 0 N–H and O–H groups in total. The minimum atomic E-state index is 0.666. The molecule has 1 aliphatic rings. The van der Waals surface area contributed by atoms with Crippen LogP contribution < -0.4 is 0 Å². The van der Waals surface area contributed by atoms with Gasteiger partial charge in [-0.15, -0.1) is 0 Å². The van der Waals surface area contributed by atoms with Crippen LogP contribution in [0.2, 0.25) is 0 Å². The molecule has 0 bridgehead atoms. The molecule has 1 aromatic rings. The Morgan fingerprint density at radius 1 is 1.47 bits per heavy atom. The molecule has 0 amide bonds. The van der Waals surface area contributed by atoms with Gasteiger partial charge in [-0.2, -0.15) is 0 Å². The first kappa shape index (κ1) is 10.9. The Balaban J connectivity index is 2.08. The SMILES string of the molecule is C=C1CCCC[C@H]1Cc1cccnc1Br. The lowest BCUT2D eigenvalue weighted by Crippen LogP contribution is -2.12. The fourth-order valence-corrected chi connectivity index (χ4v) is 2.65. The molecule has 1 fully saturated rings. The molecule has 1 saturated carbocycles. The van der Waals surface area contributed by atoms with Crippen LogP contribution in [-0.4, -0.2) is 4.98 Å². The molecule has 80 valence electrons. The summed E-state index contributed by atoms with van der Waals surface area (Å²) in [5.41, 5.74) is 2.74. The van der Waals surface area contributed by atoms with Crippen LogP contribution in [0.4, 0.5) is 0 Å². The highest BCUT2D eigenvalue weighted by atomic mass is 79.9. The number of pyridine rings is 1. The number of rotatable bonds is 2. The number of allylic oxidation sites excluding steroid dienone is 1. The molecule has 0 aliphatic heterocycles. The normalized spacial score (nSPS) is 21.7. The molecule has 0 spiro atoms. The summed E-state index contributed by atoms with van der Waals surface area (Å²) >= 11 is 3.50. The molecule has 1 aliphatic carbocycles. The Morgan fingerprint density at radius 2 is 2.33 bits per heavy atom. The van der Waals surface area contributed by atoms with E-state index in [0.29, 0.717) is 5.92 Å². The van der Waals surface area contributed by atoms with Gasteiger partial charge >= 0.3 is 0 Å². The van der Waals surface area contributed by atoms with Gasteiger partial charge < -0.3 is 0 Å². The van der Waals surface area contributed by atoms with Gasteiger partial charge in [0.2, 0.25) is 0 Å². The third kappa shape index (κ3) is 2.69. The topological polar surface area (TPSA) is 12.9 Å². The smallest absolute Gasteiger partial charge is 0.109 e. The third-order valence-corrected chi connectivity index (χ3v) is 3.89. The number of aromatic nitrogens is 1. The molecule has 1 heterocycles. The molecule has 1 nitrogen and oxygen atoms in total. The zero-order valence-corrected chi connectivity index (χ0v) is 10.5. The van der Waals surface area contributed by atoms with Crippen LogP contribution in [0.15, 0.2) is 35.1 Å². The van der Waals surface area contributed by atoms with Gasteiger partial charge in [0.1, 0.15) is 4.60 Å². The summed E-state index contributed by atoms with van der Waals surface area (Å²) in [6.45, 7) is 4.19. The third-order valence-electron chi connectivity index (χ3n) is 3.18. The van der Waals surface area contributed by atoms with E-state index in [-0.39, 0.29) is 0 Å². The number of nitrogens with zero attached hydrogens (tertiary/aromatic N) is 1. The van der Waals surface area contributed by atoms with Gasteiger partial charge in [-0.3, -0.25) is 0 Å². The highest BCUT2D eigenvalue weighted by Crippen LogP contribution is 2.31. The van der Waals surface area contributed by atoms with Crippen molar-refractivity contribution in [2.75, 3.05) is 0 Å². The molecule has 0 saturated heterocycles. The first-order valence-corrected chi connectivity index (χ1v) is 6.33. The van der Waals surface area contributed by atoms with Gasteiger partial charge in [-0.05, 0) is 59.2 Å².